The van der Waals surface area contributed by atoms with E-state index in [2.05, 4.69) is 31.3 Å². The molecule has 1 fully saturated rings. The standard InChI is InChI=1S/C15H21NO2/c1-10(2)12-6-14-15(18-9-17-14)7-13(12)11-4-3-5-16-8-11/h6-7,10-11,16H,3-5,8-9H2,1-2H3. The predicted octanol–water partition coefficient (Wildman–Crippen LogP) is 3.01. The highest BCUT2D eigenvalue weighted by atomic mass is 16.7. The Morgan fingerprint density at radius 2 is 2.00 bits per heavy atom. The fourth-order valence-electron chi connectivity index (χ4n) is 2.94. The van der Waals surface area contributed by atoms with Crippen LogP contribution < -0.4 is 14.8 Å². The van der Waals surface area contributed by atoms with E-state index in [4.69, 9.17) is 9.47 Å². The molecule has 0 spiro atoms. The summed E-state index contributed by atoms with van der Waals surface area (Å²) in [6.07, 6.45) is 2.53. The molecule has 1 unspecified atom stereocenters. The zero-order valence-electron chi connectivity index (χ0n) is 11.2. The van der Waals surface area contributed by atoms with Crippen LogP contribution in [0.3, 0.4) is 0 Å². The van der Waals surface area contributed by atoms with Gasteiger partial charge in [0.2, 0.25) is 6.79 Å². The lowest BCUT2D eigenvalue weighted by atomic mass is 9.84. The maximum Gasteiger partial charge on any atom is 0.231 e. The van der Waals surface area contributed by atoms with Crippen LogP contribution in [-0.4, -0.2) is 19.9 Å². The van der Waals surface area contributed by atoms with Gasteiger partial charge >= 0.3 is 0 Å². The second kappa shape index (κ2) is 4.81. The molecule has 0 aliphatic carbocycles. The van der Waals surface area contributed by atoms with E-state index in [1.165, 1.54) is 24.0 Å². The Kier molecular flexibility index (Phi) is 3.16. The van der Waals surface area contributed by atoms with E-state index in [9.17, 15) is 0 Å². The first-order valence-corrected chi connectivity index (χ1v) is 6.90. The molecule has 0 aromatic heterocycles. The molecule has 2 aliphatic rings. The summed E-state index contributed by atoms with van der Waals surface area (Å²) in [5.41, 5.74) is 2.86. The molecule has 0 radical (unpaired) electrons. The highest BCUT2D eigenvalue weighted by Gasteiger charge is 2.24. The average molecular weight is 247 g/mol. The van der Waals surface area contributed by atoms with Crippen LogP contribution in [0.2, 0.25) is 0 Å². The van der Waals surface area contributed by atoms with Gasteiger partial charge in [-0.2, -0.15) is 0 Å². The Balaban J connectivity index is 2.00. The van der Waals surface area contributed by atoms with E-state index in [1.807, 2.05) is 0 Å². The maximum atomic E-state index is 5.52. The van der Waals surface area contributed by atoms with Gasteiger partial charge in [-0.25, -0.2) is 0 Å². The van der Waals surface area contributed by atoms with Crippen molar-refractivity contribution in [1.82, 2.24) is 5.32 Å². The Bertz CT molecular complexity index is 436. The number of ether oxygens (including phenoxy) is 2. The van der Waals surface area contributed by atoms with E-state index in [0.717, 1.165) is 24.6 Å². The monoisotopic (exact) mass is 247 g/mol. The van der Waals surface area contributed by atoms with Gasteiger partial charge in [-0.3, -0.25) is 0 Å². The molecule has 3 heteroatoms. The van der Waals surface area contributed by atoms with Gasteiger partial charge in [-0.15, -0.1) is 0 Å². The molecule has 1 aromatic carbocycles. The van der Waals surface area contributed by atoms with Crippen molar-refractivity contribution in [2.24, 2.45) is 0 Å². The van der Waals surface area contributed by atoms with E-state index in [1.54, 1.807) is 0 Å². The molecule has 1 atom stereocenters. The molecule has 1 aromatic rings. The molecular formula is C15H21NO2. The van der Waals surface area contributed by atoms with Crippen LogP contribution in [0, 0.1) is 0 Å². The lowest BCUT2D eigenvalue weighted by Gasteiger charge is -2.26. The van der Waals surface area contributed by atoms with Gasteiger partial charge in [0.15, 0.2) is 11.5 Å². The zero-order valence-corrected chi connectivity index (χ0v) is 11.2. The summed E-state index contributed by atoms with van der Waals surface area (Å²) in [6.45, 7) is 7.09. The van der Waals surface area contributed by atoms with Crippen LogP contribution in [0.1, 0.15) is 49.7 Å². The van der Waals surface area contributed by atoms with Crippen LogP contribution in [0.15, 0.2) is 12.1 Å². The second-order valence-corrected chi connectivity index (χ2v) is 5.53. The van der Waals surface area contributed by atoms with E-state index in [-0.39, 0.29) is 0 Å². The van der Waals surface area contributed by atoms with Crippen molar-refractivity contribution < 1.29 is 9.47 Å². The van der Waals surface area contributed by atoms with Crippen molar-refractivity contribution in [3.05, 3.63) is 23.3 Å². The molecule has 0 saturated carbocycles. The topological polar surface area (TPSA) is 30.5 Å². The fraction of sp³-hybridized carbons (Fsp3) is 0.600. The third-order valence-electron chi connectivity index (χ3n) is 3.94. The summed E-state index contributed by atoms with van der Waals surface area (Å²) < 4.78 is 11.0. The summed E-state index contributed by atoms with van der Waals surface area (Å²) >= 11 is 0. The lowest BCUT2D eigenvalue weighted by molar-refractivity contribution is 0.174. The smallest absolute Gasteiger partial charge is 0.231 e. The summed E-state index contributed by atoms with van der Waals surface area (Å²) in [5.74, 6) is 2.97. The third-order valence-corrected chi connectivity index (χ3v) is 3.94. The van der Waals surface area contributed by atoms with E-state index < -0.39 is 0 Å². The molecule has 2 heterocycles. The molecule has 0 amide bonds. The number of rotatable bonds is 2. The molecule has 1 saturated heterocycles. The van der Waals surface area contributed by atoms with Gasteiger partial charge < -0.3 is 14.8 Å². The summed E-state index contributed by atoms with van der Waals surface area (Å²) in [7, 11) is 0. The van der Waals surface area contributed by atoms with Gasteiger partial charge in [0.25, 0.3) is 0 Å². The van der Waals surface area contributed by atoms with Gasteiger partial charge in [0.05, 0.1) is 0 Å². The van der Waals surface area contributed by atoms with Crippen molar-refractivity contribution in [3.63, 3.8) is 0 Å². The largest absolute Gasteiger partial charge is 0.454 e. The number of hydrogen-bond donors (Lipinski definition) is 1. The van der Waals surface area contributed by atoms with Crippen molar-refractivity contribution in [1.29, 1.82) is 0 Å². The molecule has 2 aliphatic heterocycles. The van der Waals surface area contributed by atoms with Gasteiger partial charge in [-0.05, 0) is 54.5 Å². The van der Waals surface area contributed by atoms with Gasteiger partial charge in [0, 0.05) is 6.54 Å². The van der Waals surface area contributed by atoms with E-state index >= 15 is 0 Å². The SMILES string of the molecule is CC(C)c1cc2c(cc1C1CCCNC1)OCO2. The Labute approximate surface area is 108 Å². The minimum Gasteiger partial charge on any atom is -0.454 e. The number of benzene rings is 1. The van der Waals surface area contributed by atoms with Crippen molar-refractivity contribution in [3.8, 4) is 11.5 Å². The second-order valence-electron chi connectivity index (χ2n) is 5.53. The summed E-state index contributed by atoms with van der Waals surface area (Å²) in [4.78, 5) is 0. The Morgan fingerprint density at radius 1 is 1.22 bits per heavy atom. The molecule has 3 nitrogen and oxygen atoms in total. The van der Waals surface area contributed by atoms with Crippen molar-refractivity contribution in [2.45, 2.75) is 38.5 Å². The van der Waals surface area contributed by atoms with Crippen LogP contribution in [-0.2, 0) is 0 Å². The zero-order chi connectivity index (χ0) is 12.5. The predicted molar refractivity (Wildman–Crippen MR) is 71.5 cm³/mol. The molecule has 1 N–H and O–H groups in total. The van der Waals surface area contributed by atoms with Crippen molar-refractivity contribution in [2.75, 3.05) is 19.9 Å². The highest BCUT2D eigenvalue weighted by molar-refractivity contribution is 5.51. The molecule has 0 bridgehead atoms. The first-order chi connectivity index (χ1) is 8.75. The van der Waals surface area contributed by atoms with Gasteiger partial charge in [-0.1, -0.05) is 13.8 Å². The van der Waals surface area contributed by atoms with Gasteiger partial charge in [0.1, 0.15) is 0 Å². The first-order valence-electron chi connectivity index (χ1n) is 6.90. The third kappa shape index (κ3) is 2.07. The fourth-order valence-corrected chi connectivity index (χ4v) is 2.94. The van der Waals surface area contributed by atoms with Crippen LogP contribution >= 0.6 is 0 Å². The number of piperidine rings is 1. The number of nitrogens with one attached hydrogen (secondary N) is 1. The van der Waals surface area contributed by atoms with Crippen LogP contribution in [0.5, 0.6) is 11.5 Å². The summed E-state index contributed by atoms with van der Waals surface area (Å²) in [6, 6.07) is 4.38. The molecule has 18 heavy (non-hydrogen) atoms. The molecule has 98 valence electrons. The first kappa shape index (κ1) is 11.8. The van der Waals surface area contributed by atoms with Crippen LogP contribution in [0.25, 0.3) is 0 Å². The highest BCUT2D eigenvalue weighted by Crippen LogP contribution is 2.41. The quantitative estimate of drug-likeness (QED) is 0.871. The maximum absolute atomic E-state index is 5.52. The number of hydrogen-bond acceptors (Lipinski definition) is 3. The number of fused-ring (bicyclic) bond motifs is 1. The summed E-state index contributed by atoms with van der Waals surface area (Å²) in [5, 5.41) is 3.50. The minimum absolute atomic E-state index is 0.360. The Morgan fingerprint density at radius 3 is 2.67 bits per heavy atom. The average Bonchev–Trinajstić information content (AvgIpc) is 2.85. The Hall–Kier alpha value is -1.22. The minimum atomic E-state index is 0.360. The normalized spacial score (nSPS) is 22.5. The molecule has 3 rings (SSSR count). The molecular weight excluding hydrogens is 226 g/mol. The van der Waals surface area contributed by atoms with Crippen LogP contribution in [0.4, 0.5) is 0 Å². The lowest BCUT2D eigenvalue weighted by Crippen LogP contribution is -2.29. The van der Waals surface area contributed by atoms with Crippen molar-refractivity contribution >= 4 is 0 Å². The van der Waals surface area contributed by atoms with E-state index in [0.29, 0.717) is 18.6 Å².